The van der Waals surface area contributed by atoms with Crippen LogP contribution in [-0.4, -0.2) is 22.7 Å². The number of hydrogen-bond donors (Lipinski definition) is 1. The van der Waals surface area contributed by atoms with Crippen molar-refractivity contribution in [1.82, 2.24) is 4.98 Å². The van der Waals surface area contributed by atoms with E-state index in [0.717, 1.165) is 10.7 Å². The number of aromatic nitrogens is 1. The Bertz CT molecular complexity index is 623. The van der Waals surface area contributed by atoms with Crippen LogP contribution < -0.4 is 9.64 Å². The van der Waals surface area contributed by atoms with Crippen molar-refractivity contribution < 1.29 is 14.6 Å². The monoisotopic (exact) mass is 320 g/mol. The van der Waals surface area contributed by atoms with Gasteiger partial charge in [0.2, 0.25) is 0 Å². The quantitative estimate of drug-likeness (QED) is 0.859. The fourth-order valence-electron chi connectivity index (χ4n) is 1.95. The van der Waals surface area contributed by atoms with Gasteiger partial charge in [0.05, 0.1) is 5.69 Å². The highest BCUT2D eigenvalue weighted by atomic mass is 32.1. The molecule has 0 atom stereocenters. The Labute approximate surface area is 134 Å². The van der Waals surface area contributed by atoms with E-state index >= 15 is 0 Å². The van der Waals surface area contributed by atoms with Crippen LogP contribution in [0, 0.1) is 0 Å². The molecule has 1 amide bonds. The van der Waals surface area contributed by atoms with Crippen molar-refractivity contribution in [3.8, 4) is 5.75 Å². The zero-order valence-corrected chi connectivity index (χ0v) is 13.8. The smallest absolute Gasteiger partial charge is 0.411 e. The average Bonchev–Trinajstić information content (AvgIpc) is 2.96. The van der Waals surface area contributed by atoms with E-state index in [1.165, 1.54) is 4.90 Å². The summed E-state index contributed by atoms with van der Waals surface area (Å²) in [5, 5.41) is 12.1. The standard InChI is InChI=1S/C16H20N2O3S/c1-4-18(16(19)20)12-5-7-13(8-6-12)21-9-15-17-14(10-22-15)11(2)3/h5-8,10-11H,4,9H2,1-3H3,(H,19,20). The Morgan fingerprint density at radius 2 is 2.05 bits per heavy atom. The number of ether oxygens (including phenoxy) is 1. The maximum absolute atomic E-state index is 11.1. The molecule has 0 radical (unpaired) electrons. The molecule has 0 bridgehead atoms. The van der Waals surface area contributed by atoms with Crippen LogP contribution in [0.3, 0.4) is 0 Å². The fraction of sp³-hybridized carbons (Fsp3) is 0.375. The molecular weight excluding hydrogens is 300 g/mol. The molecule has 0 spiro atoms. The van der Waals surface area contributed by atoms with Crippen molar-refractivity contribution in [3.05, 3.63) is 40.3 Å². The van der Waals surface area contributed by atoms with E-state index in [0.29, 0.717) is 30.5 Å². The normalized spacial score (nSPS) is 10.7. The van der Waals surface area contributed by atoms with E-state index in [4.69, 9.17) is 9.84 Å². The van der Waals surface area contributed by atoms with Crippen LogP contribution in [0.4, 0.5) is 10.5 Å². The Morgan fingerprint density at radius 3 is 2.55 bits per heavy atom. The van der Waals surface area contributed by atoms with Crippen molar-refractivity contribution in [1.29, 1.82) is 0 Å². The molecule has 0 aliphatic rings. The second-order valence-corrected chi connectivity index (χ2v) is 6.07. The number of rotatable bonds is 6. The number of benzene rings is 1. The number of nitrogens with zero attached hydrogens (tertiary/aromatic N) is 2. The van der Waals surface area contributed by atoms with Gasteiger partial charge in [-0.2, -0.15) is 0 Å². The van der Waals surface area contributed by atoms with E-state index in [-0.39, 0.29) is 0 Å². The van der Waals surface area contributed by atoms with Crippen LogP contribution in [-0.2, 0) is 6.61 Å². The van der Waals surface area contributed by atoms with Gasteiger partial charge in [0.25, 0.3) is 0 Å². The number of amides is 1. The lowest BCUT2D eigenvalue weighted by Gasteiger charge is -2.17. The Morgan fingerprint density at radius 1 is 1.36 bits per heavy atom. The molecule has 2 aromatic rings. The summed E-state index contributed by atoms with van der Waals surface area (Å²) in [7, 11) is 0. The molecule has 0 aliphatic heterocycles. The largest absolute Gasteiger partial charge is 0.486 e. The third-order valence-corrected chi connectivity index (χ3v) is 4.06. The number of carboxylic acid groups (broad SMARTS) is 1. The van der Waals surface area contributed by atoms with E-state index in [1.807, 2.05) is 0 Å². The first-order valence-corrected chi connectivity index (χ1v) is 8.06. The van der Waals surface area contributed by atoms with Gasteiger partial charge < -0.3 is 9.84 Å². The maximum Gasteiger partial charge on any atom is 0.411 e. The molecule has 0 fully saturated rings. The molecule has 0 saturated heterocycles. The first-order chi connectivity index (χ1) is 10.5. The van der Waals surface area contributed by atoms with Crippen molar-refractivity contribution >= 4 is 23.1 Å². The zero-order valence-electron chi connectivity index (χ0n) is 12.9. The summed E-state index contributed by atoms with van der Waals surface area (Å²) in [6, 6.07) is 7.04. The van der Waals surface area contributed by atoms with Crippen molar-refractivity contribution in [2.45, 2.75) is 33.3 Å². The lowest BCUT2D eigenvalue weighted by Crippen LogP contribution is -2.28. The summed E-state index contributed by atoms with van der Waals surface area (Å²) >= 11 is 1.59. The maximum atomic E-state index is 11.1. The molecule has 6 heteroatoms. The van der Waals surface area contributed by atoms with Crippen LogP contribution in [0.2, 0.25) is 0 Å². The minimum atomic E-state index is -0.958. The minimum Gasteiger partial charge on any atom is -0.486 e. The molecule has 5 nitrogen and oxygen atoms in total. The lowest BCUT2D eigenvalue weighted by molar-refractivity contribution is 0.202. The van der Waals surface area contributed by atoms with Gasteiger partial charge in [0, 0.05) is 17.6 Å². The molecule has 1 aromatic heterocycles. The number of carbonyl (C=O) groups is 1. The van der Waals surface area contributed by atoms with Crippen LogP contribution >= 0.6 is 11.3 Å². The number of thiazole rings is 1. The van der Waals surface area contributed by atoms with Gasteiger partial charge in [-0.25, -0.2) is 9.78 Å². The third kappa shape index (κ3) is 3.98. The predicted molar refractivity (Wildman–Crippen MR) is 88.0 cm³/mol. The van der Waals surface area contributed by atoms with Crippen molar-refractivity contribution in [3.63, 3.8) is 0 Å². The molecule has 0 unspecified atom stereocenters. The molecule has 1 heterocycles. The van der Waals surface area contributed by atoms with E-state index in [2.05, 4.69) is 24.2 Å². The van der Waals surface area contributed by atoms with Gasteiger partial charge in [-0.3, -0.25) is 4.90 Å². The van der Waals surface area contributed by atoms with Gasteiger partial charge >= 0.3 is 6.09 Å². The zero-order chi connectivity index (χ0) is 16.1. The minimum absolute atomic E-state index is 0.409. The Kier molecular flexibility index (Phi) is 5.38. The Hall–Kier alpha value is -2.08. The summed E-state index contributed by atoms with van der Waals surface area (Å²) in [4.78, 5) is 16.9. The lowest BCUT2D eigenvalue weighted by atomic mass is 10.2. The summed E-state index contributed by atoms with van der Waals surface area (Å²) in [5.74, 6) is 1.12. The molecule has 0 saturated carbocycles. The SMILES string of the molecule is CCN(C(=O)O)c1ccc(OCc2nc(C(C)C)cs2)cc1. The topological polar surface area (TPSA) is 62.7 Å². The summed E-state index contributed by atoms with van der Waals surface area (Å²) < 4.78 is 5.70. The fourth-order valence-corrected chi connectivity index (χ4v) is 2.82. The highest BCUT2D eigenvalue weighted by Gasteiger charge is 2.11. The molecule has 118 valence electrons. The highest BCUT2D eigenvalue weighted by Crippen LogP contribution is 2.22. The van der Waals surface area contributed by atoms with E-state index in [9.17, 15) is 4.79 Å². The average molecular weight is 320 g/mol. The first kappa shape index (κ1) is 16.3. The molecule has 2 rings (SSSR count). The van der Waals surface area contributed by atoms with Gasteiger partial charge in [-0.15, -0.1) is 11.3 Å². The van der Waals surface area contributed by atoms with E-state index < -0.39 is 6.09 Å². The van der Waals surface area contributed by atoms with E-state index in [1.54, 1.807) is 42.5 Å². The third-order valence-electron chi connectivity index (χ3n) is 3.22. The van der Waals surface area contributed by atoms with Gasteiger partial charge in [0.15, 0.2) is 0 Å². The second kappa shape index (κ2) is 7.26. The van der Waals surface area contributed by atoms with Crippen molar-refractivity contribution in [2.75, 3.05) is 11.4 Å². The van der Waals surface area contributed by atoms with Gasteiger partial charge in [-0.05, 0) is 37.1 Å². The number of anilines is 1. The summed E-state index contributed by atoms with van der Waals surface area (Å²) in [6.07, 6.45) is -0.958. The van der Waals surface area contributed by atoms with Gasteiger partial charge in [0.1, 0.15) is 17.4 Å². The molecule has 22 heavy (non-hydrogen) atoms. The summed E-state index contributed by atoms with van der Waals surface area (Å²) in [5.41, 5.74) is 1.72. The Balaban J connectivity index is 1.97. The first-order valence-electron chi connectivity index (χ1n) is 7.19. The van der Waals surface area contributed by atoms with Crippen molar-refractivity contribution in [2.24, 2.45) is 0 Å². The predicted octanol–water partition coefficient (Wildman–Crippen LogP) is 4.35. The van der Waals surface area contributed by atoms with Crippen LogP contribution in [0.25, 0.3) is 0 Å². The van der Waals surface area contributed by atoms with Crippen LogP contribution in [0.15, 0.2) is 29.6 Å². The highest BCUT2D eigenvalue weighted by molar-refractivity contribution is 7.09. The van der Waals surface area contributed by atoms with Gasteiger partial charge in [-0.1, -0.05) is 13.8 Å². The summed E-state index contributed by atoms with van der Waals surface area (Å²) in [6.45, 7) is 6.85. The number of hydrogen-bond acceptors (Lipinski definition) is 4. The molecular formula is C16H20N2O3S. The van der Waals surface area contributed by atoms with Crippen LogP contribution in [0.5, 0.6) is 5.75 Å². The molecule has 1 N–H and O–H groups in total. The van der Waals surface area contributed by atoms with Crippen LogP contribution in [0.1, 0.15) is 37.4 Å². The molecule has 1 aromatic carbocycles. The second-order valence-electron chi connectivity index (χ2n) is 5.13. The molecule has 0 aliphatic carbocycles.